The lowest BCUT2D eigenvalue weighted by atomic mass is 9.68. The number of halogens is 1. The minimum Gasteiger partial charge on any atom is -0.368 e. The van der Waals surface area contributed by atoms with E-state index in [0.29, 0.717) is 6.61 Å². The molecule has 2 N–H and O–H groups in total. The molecule has 0 unspecified atom stereocenters. The lowest BCUT2D eigenvalue weighted by molar-refractivity contribution is -0.0970. The summed E-state index contributed by atoms with van der Waals surface area (Å²) >= 11 is 0. The second-order valence-electron chi connectivity index (χ2n) is 7.93. The van der Waals surface area contributed by atoms with Gasteiger partial charge in [-0.25, -0.2) is 4.39 Å². The number of rotatable bonds is 4. The Hall–Kier alpha value is -2.17. The van der Waals surface area contributed by atoms with Crippen LogP contribution < -0.4 is 5.32 Å². The van der Waals surface area contributed by atoms with E-state index in [1.165, 1.54) is 17.2 Å². The van der Waals surface area contributed by atoms with Gasteiger partial charge in [0.2, 0.25) is 0 Å². The van der Waals surface area contributed by atoms with Crippen LogP contribution in [0, 0.1) is 5.82 Å². The first kappa shape index (κ1) is 19.2. The third-order valence-corrected chi connectivity index (χ3v) is 6.72. The van der Waals surface area contributed by atoms with Crippen molar-refractivity contribution in [2.24, 2.45) is 0 Å². The molecule has 4 heteroatoms. The SMILES string of the molecule is C=C/C=C\C(=C/C)C1(NC)CCC2(CC1)OCCc1c2[nH]c2ccc(F)cc12. The fourth-order valence-electron chi connectivity index (χ4n) is 5.15. The number of hydrogen-bond acceptors (Lipinski definition) is 2. The van der Waals surface area contributed by atoms with Gasteiger partial charge in [-0.2, -0.15) is 0 Å². The summed E-state index contributed by atoms with van der Waals surface area (Å²) in [6.45, 7) is 6.58. The molecule has 1 spiro atoms. The van der Waals surface area contributed by atoms with Crippen LogP contribution in [0.3, 0.4) is 0 Å². The van der Waals surface area contributed by atoms with Crippen molar-refractivity contribution < 1.29 is 9.13 Å². The van der Waals surface area contributed by atoms with E-state index in [4.69, 9.17) is 4.74 Å². The van der Waals surface area contributed by atoms with E-state index >= 15 is 0 Å². The zero-order valence-corrected chi connectivity index (χ0v) is 16.8. The number of aromatic nitrogens is 1. The van der Waals surface area contributed by atoms with Gasteiger partial charge in [-0.3, -0.25) is 0 Å². The normalized spacial score (nSPS) is 28.2. The summed E-state index contributed by atoms with van der Waals surface area (Å²) in [5, 5.41) is 4.59. The summed E-state index contributed by atoms with van der Waals surface area (Å²) in [6, 6.07) is 5.02. The molecule has 1 saturated carbocycles. The van der Waals surface area contributed by atoms with Crippen molar-refractivity contribution in [3.8, 4) is 0 Å². The van der Waals surface area contributed by atoms with Gasteiger partial charge in [0.25, 0.3) is 0 Å². The molecule has 1 aromatic heterocycles. The average molecular weight is 381 g/mol. The molecule has 1 aromatic carbocycles. The van der Waals surface area contributed by atoms with Crippen molar-refractivity contribution in [2.75, 3.05) is 13.7 Å². The molecular weight excluding hydrogens is 351 g/mol. The van der Waals surface area contributed by atoms with Crippen LogP contribution in [0.15, 0.2) is 54.7 Å². The Balaban J connectivity index is 1.69. The van der Waals surface area contributed by atoms with E-state index < -0.39 is 0 Å². The van der Waals surface area contributed by atoms with Crippen LogP contribution >= 0.6 is 0 Å². The highest BCUT2D eigenvalue weighted by Gasteiger charge is 2.48. The van der Waals surface area contributed by atoms with Gasteiger partial charge < -0.3 is 15.0 Å². The first-order valence-corrected chi connectivity index (χ1v) is 10.2. The number of H-pyrrole nitrogens is 1. The largest absolute Gasteiger partial charge is 0.368 e. The van der Waals surface area contributed by atoms with E-state index in [1.807, 2.05) is 25.3 Å². The summed E-state index contributed by atoms with van der Waals surface area (Å²) < 4.78 is 20.2. The van der Waals surface area contributed by atoms with Crippen molar-refractivity contribution in [1.29, 1.82) is 0 Å². The van der Waals surface area contributed by atoms with Gasteiger partial charge >= 0.3 is 0 Å². The lowest BCUT2D eigenvalue weighted by Gasteiger charge is -2.48. The van der Waals surface area contributed by atoms with Crippen molar-refractivity contribution in [2.45, 2.75) is 50.2 Å². The predicted molar refractivity (Wildman–Crippen MR) is 113 cm³/mol. The first-order chi connectivity index (χ1) is 13.6. The number of ether oxygens (including phenoxy) is 1. The Morgan fingerprint density at radius 1 is 1.29 bits per heavy atom. The van der Waals surface area contributed by atoms with E-state index in [-0.39, 0.29) is 17.0 Å². The van der Waals surface area contributed by atoms with Crippen LogP contribution in [0.2, 0.25) is 0 Å². The molecule has 4 rings (SSSR count). The van der Waals surface area contributed by atoms with Gasteiger partial charge in [-0.05, 0) is 75.4 Å². The molecule has 0 atom stereocenters. The molecule has 1 aliphatic carbocycles. The highest BCUT2D eigenvalue weighted by molar-refractivity contribution is 5.85. The van der Waals surface area contributed by atoms with Crippen molar-refractivity contribution in [3.63, 3.8) is 0 Å². The number of aromatic amines is 1. The van der Waals surface area contributed by atoms with Gasteiger partial charge in [0, 0.05) is 16.4 Å². The number of likely N-dealkylation sites (N-methyl/N-ethyl adjacent to an activating group) is 1. The van der Waals surface area contributed by atoms with Crippen molar-refractivity contribution >= 4 is 10.9 Å². The molecule has 0 radical (unpaired) electrons. The fourth-order valence-corrected chi connectivity index (χ4v) is 5.15. The van der Waals surface area contributed by atoms with E-state index in [9.17, 15) is 4.39 Å². The number of nitrogens with one attached hydrogen (secondary N) is 2. The van der Waals surface area contributed by atoms with Gasteiger partial charge in [0.05, 0.1) is 12.3 Å². The second-order valence-corrected chi connectivity index (χ2v) is 7.93. The Morgan fingerprint density at radius 3 is 2.75 bits per heavy atom. The zero-order chi connectivity index (χ0) is 19.8. The van der Waals surface area contributed by atoms with Gasteiger partial charge in [-0.1, -0.05) is 30.9 Å². The number of allylic oxidation sites excluding steroid dienone is 3. The van der Waals surface area contributed by atoms with Gasteiger partial charge in [0.1, 0.15) is 11.4 Å². The second kappa shape index (κ2) is 7.34. The molecule has 0 amide bonds. The Morgan fingerprint density at radius 2 is 2.07 bits per heavy atom. The molecule has 1 aliphatic heterocycles. The maximum absolute atomic E-state index is 13.8. The predicted octanol–water partition coefficient (Wildman–Crippen LogP) is 5.30. The summed E-state index contributed by atoms with van der Waals surface area (Å²) in [7, 11) is 2.04. The molecule has 28 heavy (non-hydrogen) atoms. The molecular formula is C24H29FN2O. The number of hydrogen-bond donors (Lipinski definition) is 2. The average Bonchev–Trinajstić information content (AvgIpc) is 3.09. The minimum atomic E-state index is -0.301. The molecule has 0 saturated heterocycles. The van der Waals surface area contributed by atoms with Crippen LogP contribution in [0.25, 0.3) is 10.9 Å². The minimum absolute atomic E-state index is 0.0569. The first-order valence-electron chi connectivity index (χ1n) is 10.2. The van der Waals surface area contributed by atoms with E-state index in [1.54, 1.807) is 6.07 Å². The van der Waals surface area contributed by atoms with Crippen LogP contribution in [0.5, 0.6) is 0 Å². The van der Waals surface area contributed by atoms with Crippen LogP contribution in [0.1, 0.15) is 43.9 Å². The quantitative estimate of drug-likeness (QED) is 0.707. The summed E-state index contributed by atoms with van der Waals surface area (Å²) in [5.74, 6) is -0.181. The summed E-state index contributed by atoms with van der Waals surface area (Å²) in [6.07, 6.45) is 12.8. The zero-order valence-electron chi connectivity index (χ0n) is 16.8. The van der Waals surface area contributed by atoms with Gasteiger partial charge in [-0.15, -0.1) is 0 Å². The molecule has 1 fully saturated rings. The van der Waals surface area contributed by atoms with Crippen LogP contribution in [0.4, 0.5) is 4.39 Å². The standard InChI is InChI=1S/C24H29FN2O/c1-4-6-7-17(5-2)23(26-3)11-13-24(14-12-23)22-19(10-15-28-24)20-16-18(25)8-9-21(20)27-22/h4-9,16,26-27H,1,10-15H2,2-3H3/b7-6-,17-5+. The Bertz CT molecular complexity index is 945. The summed E-state index contributed by atoms with van der Waals surface area (Å²) in [4.78, 5) is 3.57. The van der Waals surface area contributed by atoms with E-state index in [0.717, 1.165) is 48.7 Å². The van der Waals surface area contributed by atoms with Gasteiger partial charge in [0.15, 0.2) is 0 Å². The molecule has 0 bridgehead atoms. The highest BCUT2D eigenvalue weighted by Crippen LogP contribution is 2.50. The van der Waals surface area contributed by atoms with Crippen LogP contribution in [-0.4, -0.2) is 24.2 Å². The third kappa shape index (κ3) is 2.96. The molecule has 2 aromatic rings. The maximum atomic E-state index is 13.8. The smallest absolute Gasteiger partial charge is 0.123 e. The van der Waals surface area contributed by atoms with Crippen LogP contribution in [-0.2, 0) is 16.8 Å². The number of benzene rings is 1. The molecule has 2 heterocycles. The Labute approximate surface area is 166 Å². The van der Waals surface area contributed by atoms with Crippen molar-refractivity contribution in [1.82, 2.24) is 10.3 Å². The fraction of sp³-hybridized carbons (Fsp3) is 0.417. The lowest BCUT2D eigenvalue weighted by Crippen LogP contribution is -2.52. The maximum Gasteiger partial charge on any atom is 0.123 e. The monoisotopic (exact) mass is 380 g/mol. The summed E-state index contributed by atoms with van der Waals surface area (Å²) in [5.41, 5.74) is 4.33. The van der Waals surface area contributed by atoms with E-state index in [2.05, 4.69) is 36.0 Å². The molecule has 3 nitrogen and oxygen atoms in total. The van der Waals surface area contributed by atoms with Crippen molar-refractivity contribution in [3.05, 3.63) is 71.7 Å². The highest BCUT2D eigenvalue weighted by atomic mass is 19.1. The Kier molecular flexibility index (Phi) is 5.02. The third-order valence-electron chi connectivity index (χ3n) is 6.72. The molecule has 2 aliphatic rings. The number of fused-ring (bicyclic) bond motifs is 4. The topological polar surface area (TPSA) is 37.0 Å². The molecule has 148 valence electrons.